The number of aliphatic hydroxyl groups is 1. The Balaban J connectivity index is 2.52. The molecule has 1 atom stereocenters. The SMILES string of the molecule is CCCNCC(O)CN(CCC#N)c1ccccc1. The van der Waals surface area contributed by atoms with Crippen molar-refractivity contribution >= 4 is 5.69 Å². The third-order valence-electron chi connectivity index (χ3n) is 2.85. The average Bonchev–Trinajstić information content (AvgIpc) is 2.44. The number of para-hydroxylation sites is 1. The van der Waals surface area contributed by atoms with Crippen molar-refractivity contribution < 1.29 is 5.11 Å². The summed E-state index contributed by atoms with van der Waals surface area (Å²) in [5, 5.41) is 21.9. The predicted molar refractivity (Wildman–Crippen MR) is 78.1 cm³/mol. The summed E-state index contributed by atoms with van der Waals surface area (Å²) in [5.41, 5.74) is 1.05. The molecule has 0 heterocycles. The number of hydrogen-bond acceptors (Lipinski definition) is 4. The van der Waals surface area contributed by atoms with Crippen LogP contribution in [0.5, 0.6) is 0 Å². The molecule has 1 aromatic rings. The van der Waals surface area contributed by atoms with Gasteiger partial charge in [0, 0.05) is 25.3 Å². The van der Waals surface area contributed by atoms with E-state index in [0.717, 1.165) is 18.7 Å². The average molecular weight is 261 g/mol. The lowest BCUT2D eigenvalue weighted by Gasteiger charge is -2.26. The molecule has 0 aromatic heterocycles. The molecular weight excluding hydrogens is 238 g/mol. The summed E-state index contributed by atoms with van der Waals surface area (Å²) in [6.45, 7) is 4.79. The van der Waals surface area contributed by atoms with Gasteiger partial charge in [-0.05, 0) is 25.1 Å². The zero-order chi connectivity index (χ0) is 13.9. The molecule has 0 fully saturated rings. The molecular formula is C15H23N3O. The summed E-state index contributed by atoms with van der Waals surface area (Å²) in [6.07, 6.45) is 1.10. The summed E-state index contributed by atoms with van der Waals surface area (Å²) >= 11 is 0. The Morgan fingerprint density at radius 3 is 2.74 bits per heavy atom. The van der Waals surface area contributed by atoms with Gasteiger partial charge in [-0.2, -0.15) is 5.26 Å². The molecule has 0 saturated carbocycles. The molecule has 19 heavy (non-hydrogen) atoms. The van der Waals surface area contributed by atoms with Gasteiger partial charge in [-0.15, -0.1) is 0 Å². The molecule has 104 valence electrons. The van der Waals surface area contributed by atoms with E-state index >= 15 is 0 Å². The Morgan fingerprint density at radius 1 is 1.37 bits per heavy atom. The molecule has 0 spiro atoms. The largest absolute Gasteiger partial charge is 0.390 e. The lowest BCUT2D eigenvalue weighted by molar-refractivity contribution is 0.177. The normalized spacial score (nSPS) is 11.8. The summed E-state index contributed by atoms with van der Waals surface area (Å²) in [6, 6.07) is 12.1. The zero-order valence-electron chi connectivity index (χ0n) is 11.5. The van der Waals surface area contributed by atoms with E-state index in [1.165, 1.54) is 0 Å². The van der Waals surface area contributed by atoms with Gasteiger partial charge in [-0.3, -0.25) is 0 Å². The number of rotatable bonds is 9. The van der Waals surface area contributed by atoms with E-state index in [1.54, 1.807) is 0 Å². The van der Waals surface area contributed by atoms with Gasteiger partial charge in [0.1, 0.15) is 0 Å². The van der Waals surface area contributed by atoms with Crippen molar-refractivity contribution in [1.29, 1.82) is 5.26 Å². The molecule has 0 radical (unpaired) electrons. The van der Waals surface area contributed by atoms with Gasteiger partial charge in [-0.1, -0.05) is 25.1 Å². The molecule has 0 saturated heterocycles. The molecule has 0 bridgehead atoms. The Labute approximate surface area is 115 Å². The number of nitrogens with one attached hydrogen (secondary N) is 1. The molecule has 2 N–H and O–H groups in total. The number of anilines is 1. The molecule has 4 nitrogen and oxygen atoms in total. The lowest BCUT2D eigenvalue weighted by atomic mass is 10.2. The maximum absolute atomic E-state index is 10.0. The maximum atomic E-state index is 10.0. The highest BCUT2D eigenvalue weighted by atomic mass is 16.3. The van der Waals surface area contributed by atoms with Crippen LogP contribution in [0.15, 0.2) is 30.3 Å². The third kappa shape index (κ3) is 6.23. The summed E-state index contributed by atoms with van der Waals surface area (Å²) < 4.78 is 0. The van der Waals surface area contributed by atoms with Crippen molar-refractivity contribution in [3.63, 3.8) is 0 Å². The number of nitriles is 1. The Morgan fingerprint density at radius 2 is 2.11 bits per heavy atom. The minimum Gasteiger partial charge on any atom is -0.390 e. The fraction of sp³-hybridized carbons (Fsp3) is 0.533. The highest BCUT2D eigenvalue weighted by Gasteiger charge is 2.11. The second-order valence-corrected chi connectivity index (χ2v) is 4.55. The smallest absolute Gasteiger partial charge is 0.0839 e. The molecule has 4 heteroatoms. The van der Waals surface area contributed by atoms with Gasteiger partial charge < -0.3 is 15.3 Å². The minimum atomic E-state index is -0.426. The lowest BCUT2D eigenvalue weighted by Crippen LogP contribution is -2.39. The standard InChI is InChI=1S/C15H23N3O/c1-2-10-17-12-15(19)13-18(11-6-9-16)14-7-4-3-5-8-14/h3-5,7-8,15,17,19H,2,6,10-13H2,1H3. The monoisotopic (exact) mass is 261 g/mol. The van der Waals surface area contributed by atoms with Crippen molar-refractivity contribution in [3.05, 3.63) is 30.3 Å². The number of nitrogens with zero attached hydrogens (tertiary/aromatic N) is 2. The van der Waals surface area contributed by atoms with Gasteiger partial charge in [0.05, 0.1) is 18.6 Å². The van der Waals surface area contributed by atoms with Crippen LogP contribution < -0.4 is 10.2 Å². The highest BCUT2D eigenvalue weighted by molar-refractivity contribution is 5.46. The Kier molecular flexibility index (Phi) is 7.64. The topological polar surface area (TPSA) is 59.3 Å². The van der Waals surface area contributed by atoms with E-state index in [1.807, 2.05) is 30.3 Å². The Bertz CT molecular complexity index is 375. The summed E-state index contributed by atoms with van der Waals surface area (Å²) in [5.74, 6) is 0. The van der Waals surface area contributed by atoms with Crippen LogP contribution in [0.25, 0.3) is 0 Å². The number of aliphatic hydroxyl groups excluding tert-OH is 1. The second kappa shape index (κ2) is 9.37. The molecule has 1 aromatic carbocycles. The van der Waals surface area contributed by atoms with Crippen molar-refractivity contribution in [3.8, 4) is 6.07 Å². The van der Waals surface area contributed by atoms with E-state index < -0.39 is 6.10 Å². The predicted octanol–water partition coefficient (Wildman–Crippen LogP) is 1.77. The van der Waals surface area contributed by atoms with Crippen molar-refractivity contribution in [1.82, 2.24) is 5.32 Å². The van der Waals surface area contributed by atoms with Crippen molar-refractivity contribution in [2.75, 3.05) is 31.1 Å². The quantitative estimate of drug-likeness (QED) is 0.665. The van der Waals surface area contributed by atoms with Gasteiger partial charge in [0.15, 0.2) is 0 Å². The van der Waals surface area contributed by atoms with Crippen LogP contribution in [0.1, 0.15) is 19.8 Å². The summed E-state index contributed by atoms with van der Waals surface area (Å²) in [7, 11) is 0. The van der Waals surface area contributed by atoms with Crippen LogP contribution in [0.3, 0.4) is 0 Å². The highest BCUT2D eigenvalue weighted by Crippen LogP contribution is 2.13. The fourth-order valence-electron chi connectivity index (χ4n) is 1.91. The summed E-state index contributed by atoms with van der Waals surface area (Å²) in [4.78, 5) is 2.06. The van der Waals surface area contributed by atoms with Crippen LogP contribution in [0.2, 0.25) is 0 Å². The molecule has 0 amide bonds. The Hall–Kier alpha value is -1.57. The molecule has 1 unspecified atom stereocenters. The van der Waals surface area contributed by atoms with E-state index in [0.29, 0.717) is 26.1 Å². The third-order valence-corrected chi connectivity index (χ3v) is 2.85. The van der Waals surface area contributed by atoms with E-state index in [9.17, 15) is 5.11 Å². The van der Waals surface area contributed by atoms with Crippen LogP contribution in [-0.2, 0) is 0 Å². The van der Waals surface area contributed by atoms with Crippen LogP contribution in [0, 0.1) is 11.3 Å². The van der Waals surface area contributed by atoms with Crippen LogP contribution in [0.4, 0.5) is 5.69 Å². The first kappa shape index (κ1) is 15.5. The van der Waals surface area contributed by atoms with Gasteiger partial charge in [0.2, 0.25) is 0 Å². The first-order valence-electron chi connectivity index (χ1n) is 6.83. The van der Waals surface area contributed by atoms with E-state index in [2.05, 4.69) is 23.2 Å². The second-order valence-electron chi connectivity index (χ2n) is 4.55. The van der Waals surface area contributed by atoms with Crippen molar-refractivity contribution in [2.24, 2.45) is 0 Å². The van der Waals surface area contributed by atoms with Gasteiger partial charge in [-0.25, -0.2) is 0 Å². The number of hydrogen-bond donors (Lipinski definition) is 2. The van der Waals surface area contributed by atoms with Gasteiger partial charge >= 0.3 is 0 Å². The van der Waals surface area contributed by atoms with E-state index in [-0.39, 0.29) is 0 Å². The first-order valence-corrected chi connectivity index (χ1v) is 6.83. The first-order chi connectivity index (χ1) is 9.27. The number of benzene rings is 1. The zero-order valence-corrected chi connectivity index (χ0v) is 11.5. The minimum absolute atomic E-state index is 0.426. The fourth-order valence-corrected chi connectivity index (χ4v) is 1.91. The van der Waals surface area contributed by atoms with Crippen LogP contribution in [-0.4, -0.2) is 37.4 Å². The van der Waals surface area contributed by atoms with Crippen molar-refractivity contribution in [2.45, 2.75) is 25.9 Å². The van der Waals surface area contributed by atoms with Gasteiger partial charge in [0.25, 0.3) is 0 Å². The molecule has 0 aliphatic rings. The molecule has 0 aliphatic heterocycles. The van der Waals surface area contributed by atoms with Crippen LogP contribution >= 0.6 is 0 Å². The van der Waals surface area contributed by atoms with E-state index in [4.69, 9.17) is 5.26 Å². The maximum Gasteiger partial charge on any atom is 0.0839 e. The molecule has 0 aliphatic carbocycles. The molecule has 1 rings (SSSR count).